The predicted molar refractivity (Wildman–Crippen MR) is 70.5 cm³/mol. The quantitative estimate of drug-likeness (QED) is 0.855. The van der Waals surface area contributed by atoms with Crippen molar-refractivity contribution in [3.8, 4) is 6.07 Å². The lowest BCUT2D eigenvalue weighted by atomic mass is 10.1. The number of hydrogen-bond donors (Lipinski definition) is 0. The van der Waals surface area contributed by atoms with Crippen LogP contribution < -0.4 is 0 Å². The van der Waals surface area contributed by atoms with Crippen LogP contribution in [-0.4, -0.2) is 23.4 Å². The average Bonchev–Trinajstić information content (AvgIpc) is 2.27. The van der Waals surface area contributed by atoms with Crippen LogP contribution in [0.4, 0.5) is 4.39 Å². The van der Waals surface area contributed by atoms with Crippen LogP contribution in [0.5, 0.6) is 0 Å². The van der Waals surface area contributed by atoms with Gasteiger partial charge in [-0.2, -0.15) is 5.26 Å². The molecular weight excluding hydrogens is 299 g/mol. The number of carbonyl (C=O) groups is 1. The maximum atomic E-state index is 13.3. The summed E-state index contributed by atoms with van der Waals surface area (Å²) >= 11 is 3.16. The molecule has 1 amide bonds. The van der Waals surface area contributed by atoms with Crippen molar-refractivity contribution in [3.05, 3.63) is 34.1 Å². The first-order valence-corrected chi connectivity index (χ1v) is 6.39. The molecule has 0 saturated heterocycles. The summed E-state index contributed by atoms with van der Waals surface area (Å²) in [5.41, 5.74) is 0.286. The van der Waals surface area contributed by atoms with E-state index in [4.69, 9.17) is 5.26 Å². The Balaban J connectivity index is 2.98. The van der Waals surface area contributed by atoms with E-state index in [1.54, 1.807) is 11.0 Å². The van der Waals surface area contributed by atoms with E-state index in [9.17, 15) is 9.18 Å². The zero-order valence-corrected chi connectivity index (χ0v) is 11.9. The molecule has 1 aromatic carbocycles. The van der Waals surface area contributed by atoms with E-state index in [0.29, 0.717) is 11.0 Å². The maximum absolute atomic E-state index is 13.3. The molecule has 0 heterocycles. The van der Waals surface area contributed by atoms with Gasteiger partial charge in [-0.05, 0) is 32.0 Å². The van der Waals surface area contributed by atoms with Gasteiger partial charge in [0.25, 0.3) is 5.91 Å². The SMILES string of the molecule is CC(C)N(CCC#N)C(=O)c1cc(F)cc(Br)c1. The summed E-state index contributed by atoms with van der Waals surface area (Å²) in [5.74, 6) is -0.725. The summed E-state index contributed by atoms with van der Waals surface area (Å²) in [6, 6.07) is 6.05. The molecule has 96 valence electrons. The lowest BCUT2D eigenvalue weighted by molar-refractivity contribution is 0.0709. The Hall–Kier alpha value is -1.41. The van der Waals surface area contributed by atoms with E-state index in [2.05, 4.69) is 15.9 Å². The van der Waals surface area contributed by atoms with Crippen molar-refractivity contribution in [2.45, 2.75) is 26.3 Å². The van der Waals surface area contributed by atoms with E-state index in [0.717, 1.165) is 0 Å². The number of nitrogens with zero attached hydrogens (tertiary/aromatic N) is 2. The van der Waals surface area contributed by atoms with Crippen molar-refractivity contribution in [3.63, 3.8) is 0 Å². The van der Waals surface area contributed by atoms with Crippen molar-refractivity contribution < 1.29 is 9.18 Å². The lowest BCUT2D eigenvalue weighted by Crippen LogP contribution is -2.37. The molecule has 0 atom stereocenters. The zero-order chi connectivity index (χ0) is 13.7. The van der Waals surface area contributed by atoms with Crippen LogP contribution in [0.2, 0.25) is 0 Å². The molecule has 5 heteroatoms. The second kappa shape index (κ2) is 6.50. The van der Waals surface area contributed by atoms with Gasteiger partial charge in [-0.15, -0.1) is 0 Å². The van der Waals surface area contributed by atoms with Crippen LogP contribution in [0.3, 0.4) is 0 Å². The van der Waals surface area contributed by atoms with Crippen LogP contribution in [-0.2, 0) is 0 Å². The second-order valence-corrected chi connectivity index (χ2v) is 5.07. The van der Waals surface area contributed by atoms with Crippen LogP contribution >= 0.6 is 15.9 Å². The van der Waals surface area contributed by atoms with E-state index in [1.807, 2.05) is 19.9 Å². The molecule has 0 unspecified atom stereocenters. The van der Waals surface area contributed by atoms with Crippen LogP contribution in [0, 0.1) is 17.1 Å². The standard InChI is InChI=1S/C13H14BrFN2O/c1-9(2)17(5-3-4-16)13(18)10-6-11(14)8-12(15)7-10/h6-9H,3,5H2,1-2H3. The van der Waals surface area contributed by atoms with Gasteiger partial charge < -0.3 is 4.90 Å². The van der Waals surface area contributed by atoms with Gasteiger partial charge in [-0.3, -0.25) is 4.79 Å². The molecule has 0 aromatic heterocycles. The first-order valence-electron chi connectivity index (χ1n) is 5.59. The zero-order valence-electron chi connectivity index (χ0n) is 10.3. The highest BCUT2D eigenvalue weighted by atomic mass is 79.9. The minimum atomic E-state index is -0.461. The molecule has 3 nitrogen and oxygen atoms in total. The van der Waals surface area contributed by atoms with Crippen molar-refractivity contribution >= 4 is 21.8 Å². The Labute approximate surface area is 114 Å². The molecule has 0 spiro atoms. The Morgan fingerprint density at radius 3 is 2.67 bits per heavy atom. The fourth-order valence-electron chi connectivity index (χ4n) is 1.61. The predicted octanol–water partition coefficient (Wildman–Crippen LogP) is 3.35. The summed E-state index contributed by atoms with van der Waals surface area (Å²) in [6.45, 7) is 4.08. The molecule has 18 heavy (non-hydrogen) atoms. The van der Waals surface area contributed by atoms with E-state index < -0.39 is 5.82 Å². The highest BCUT2D eigenvalue weighted by Gasteiger charge is 2.19. The summed E-state index contributed by atoms with van der Waals surface area (Å²) in [4.78, 5) is 13.8. The number of nitriles is 1. The number of benzene rings is 1. The van der Waals surface area contributed by atoms with Gasteiger partial charge in [0.05, 0.1) is 12.5 Å². The molecule has 0 aliphatic carbocycles. The molecule has 0 radical (unpaired) electrons. The van der Waals surface area contributed by atoms with E-state index in [1.165, 1.54) is 12.1 Å². The monoisotopic (exact) mass is 312 g/mol. The number of carbonyl (C=O) groups excluding carboxylic acids is 1. The molecule has 0 bridgehead atoms. The molecule has 0 fully saturated rings. The number of amides is 1. The fraction of sp³-hybridized carbons (Fsp3) is 0.385. The molecule has 1 rings (SSSR count). The maximum Gasteiger partial charge on any atom is 0.254 e. The molecule has 0 saturated carbocycles. The number of rotatable bonds is 4. The Morgan fingerprint density at radius 1 is 1.50 bits per heavy atom. The van der Waals surface area contributed by atoms with Crippen LogP contribution in [0.1, 0.15) is 30.6 Å². The highest BCUT2D eigenvalue weighted by Crippen LogP contribution is 2.17. The fourth-order valence-corrected chi connectivity index (χ4v) is 2.07. The topological polar surface area (TPSA) is 44.1 Å². The van der Waals surface area contributed by atoms with Gasteiger partial charge in [-0.1, -0.05) is 15.9 Å². The highest BCUT2D eigenvalue weighted by molar-refractivity contribution is 9.10. The first kappa shape index (κ1) is 14.7. The number of halogens is 2. The van der Waals surface area contributed by atoms with Crippen LogP contribution in [0.25, 0.3) is 0 Å². The summed E-state index contributed by atoms with van der Waals surface area (Å²) in [6.07, 6.45) is 0.264. The van der Waals surface area contributed by atoms with Crippen molar-refractivity contribution in [2.24, 2.45) is 0 Å². The summed E-state index contributed by atoms with van der Waals surface area (Å²) in [7, 11) is 0. The van der Waals surface area contributed by atoms with Crippen molar-refractivity contribution in [2.75, 3.05) is 6.54 Å². The van der Waals surface area contributed by atoms with Gasteiger partial charge in [-0.25, -0.2) is 4.39 Å². The Kier molecular flexibility index (Phi) is 5.29. The average molecular weight is 313 g/mol. The van der Waals surface area contributed by atoms with Crippen molar-refractivity contribution in [1.82, 2.24) is 4.90 Å². The van der Waals surface area contributed by atoms with E-state index >= 15 is 0 Å². The van der Waals surface area contributed by atoms with Gasteiger partial charge >= 0.3 is 0 Å². The third kappa shape index (κ3) is 3.81. The normalized spacial score (nSPS) is 10.2. The minimum Gasteiger partial charge on any atom is -0.335 e. The third-order valence-corrected chi connectivity index (χ3v) is 2.92. The van der Waals surface area contributed by atoms with Gasteiger partial charge in [0.15, 0.2) is 0 Å². The first-order chi connectivity index (χ1) is 8.45. The molecule has 0 N–H and O–H groups in total. The Bertz CT molecular complexity index is 462. The molecule has 0 aliphatic rings. The molecule has 1 aromatic rings. The van der Waals surface area contributed by atoms with Crippen LogP contribution in [0.15, 0.2) is 22.7 Å². The van der Waals surface area contributed by atoms with Gasteiger partial charge in [0.2, 0.25) is 0 Å². The largest absolute Gasteiger partial charge is 0.335 e. The third-order valence-electron chi connectivity index (χ3n) is 2.46. The summed E-state index contributed by atoms with van der Waals surface area (Å²) < 4.78 is 13.8. The van der Waals surface area contributed by atoms with Gasteiger partial charge in [0, 0.05) is 22.6 Å². The molecule has 0 aliphatic heterocycles. The lowest BCUT2D eigenvalue weighted by Gasteiger charge is -2.26. The smallest absolute Gasteiger partial charge is 0.254 e. The van der Waals surface area contributed by atoms with E-state index in [-0.39, 0.29) is 23.9 Å². The second-order valence-electron chi connectivity index (χ2n) is 4.16. The minimum absolute atomic E-state index is 0.0344. The number of hydrogen-bond acceptors (Lipinski definition) is 2. The van der Waals surface area contributed by atoms with Gasteiger partial charge in [0.1, 0.15) is 5.82 Å². The Morgan fingerprint density at radius 2 is 2.17 bits per heavy atom. The molecular formula is C13H14BrFN2O. The van der Waals surface area contributed by atoms with Crippen molar-refractivity contribution in [1.29, 1.82) is 5.26 Å². The summed E-state index contributed by atoms with van der Waals surface area (Å²) in [5, 5.41) is 8.58.